The molecule has 8 heteroatoms. The highest BCUT2D eigenvalue weighted by atomic mass is 32.2. The average Bonchev–Trinajstić information content (AvgIpc) is 3.28. The van der Waals surface area contributed by atoms with Crippen LogP contribution in [0.25, 0.3) is 0 Å². The molecule has 1 N–H and O–H groups in total. The fraction of sp³-hybridized carbons (Fsp3) is 0.700. The largest absolute Gasteiger partial charge is 0.338 e. The molecule has 1 saturated heterocycles. The van der Waals surface area contributed by atoms with Crippen LogP contribution < -0.4 is 5.32 Å². The Labute approximate surface area is 172 Å². The molecule has 2 aliphatic carbocycles. The van der Waals surface area contributed by atoms with Crippen molar-refractivity contribution in [2.75, 3.05) is 30.4 Å². The quantitative estimate of drug-likeness (QED) is 0.785. The Kier molecular flexibility index (Phi) is 5.29. The van der Waals surface area contributed by atoms with Gasteiger partial charge < -0.3 is 10.2 Å². The number of carbonyl (C=O) groups excluding carboxylic acids is 2. The Morgan fingerprint density at radius 3 is 2.61 bits per heavy atom. The predicted molar refractivity (Wildman–Crippen MR) is 113 cm³/mol. The lowest BCUT2D eigenvalue weighted by atomic mass is 9.87. The highest BCUT2D eigenvalue weighted by Gasteiger charge is 2.36. The van der Waals surface area contributed by atoms with Crippen LogP contribution >= 0.6 is 11.3 Å². The number of hydrogen-bond acceptors (Lipinski definition) is 5. The third kappa shape index (κ3) is 4.27. The molecule has 2 unspecified atom stereocenters. The Morgan fingerprint density at radius 1 is 1.25 bits per heavy atom. The van der Waals surface area contributed by atoms with Crippen LogP contribution in [0.2, 0.25) is 0 Å². The van der Waals surface area contributed by atoms with Crippen LogP contribution in [0.4, 0.5) is 5.00 Å². The second-order valence-corrected chi connectivity index (χ2v) is 12.1. The molecule has 1 aromatic rings. The van der Waals surface area contributed by atoms with Crippen molar-refractivity contribution in [2.45, 2.75) is 45.4 Å². The van der Waals surface area contributed by atoms with Gasteiger partial charge in [-0.25, -0.2) is 8.42 Å². The molecule has 156 valence electrons. The maximum atomic E-state index is 13.4. The number of sulfone groups is 1. The first kappa shape index (κ1) is 19.9. The van der Waals surface area contributed by atoms with Gasteiger partial charge in [-0.3, -0.25) is 9.59 Å². The first-order valence-electron chi connectivity index (χ1n) is 10.1. The van der Waals surface area contributed by atoms with Crippen molar-refractivity contribution in [2.24, 2.45) is 17.8 Å². The fourth-order valence-corrected chi connectivity index (χ4v) is 6.76. The smallest absolute Gasteiger partial charge is 0.257 e. The molecule has 3 aliphatic rings. The van der Waals surface area contributed by atoms with Gasteiger partial charge in [0.2, 0.25) is 5.91 Å². The molecule has 0 spiro atoms. The highest BCUT2D eigenvalue weighted by Crippen LogP contribution is 2.42. The van der Waals surface area contributed by atoms with Gasteiger partial charge in [0.05, 0.1) is 11.3 Å². The van der Waals surface area contributed by atoms with Gasteiger partial charge >= 0.3 is 0 Å². The summed E-state index contributed by atoms with van der Waals surface area (Å²) in [5, 5.41) is 3.69. The standard InChI is InChI=1S/C20H28N2O4S2.H2/c1-12-7-8-22(10-12)20(24)17-15-9-13(11-28(2,25)26)3-6-16(15)27-19(17)21-18(23)14-4-5-14;/h12-14H,3-11H2,1-2H3,(H,21,23);1H. The monoisotopic (exact) mass is 426 g/mol. The molecule has 0 aromatic carbocycles. The average molecular weight is 427 g/mol. The highest BCUT2D eigenvalue weighted by molar-refractivity contribution is 7.90. The second kappa shape index (κ2) is 7.44. The normalized spacial score (nSPS) is 24.9. The minimum absolute atomic E-state index is 0. The zero-order chi connectivity index (χ0) is 20.1. The van der Waals surface area contributed by atoms with Gasteiger partial charge in [0.15, 0.2) is 0 Å². The van der Waals surface area contributed by atoms with E-state index < -0.39 is 9.84 Å². The van der Waals surface area contributed by atoms with E-state index in [1.54, 1.807) is 0 Å². The van der Waals surface area contributed by atoms with Gasteiger partial charge in [0.1, 0.15) is 14.8 Å². The van der Waals surface area contributed by atoms with Crippen molar-refractivity contribution in [3.63, 3.8) is 0 Å². The molecule has 4 rings (SSSR count). The van der Waals surface area contributed by atoms with Crippen LogP contribution in [0.5, 0.6) is 0 Å². The summed E-state index contributed by atoms with van der Waals surface area (Å²) in [6, 6.07) is 0. The summed E-state index contributed by atoms with van der Waals surface area (Å²) in [5.74, 6) is 0.754. The van der Waals surface area contributed by atoms with E-state index in [2.05, 4.69) is 12.2 Å². The SMILES string of the molecule is CC1CCN(C(=O)c2c(NC(=O)C3CC3)sc3c2CC(CS(C)(=O)=O)CC3)C1.[HH]. The number of likely N-dealkylation sites (tertiary alicyclic amines) is 1. The molecular formula is C20H30N2O4S2. The van der Waals surface area contributed by atoms with E-state index in [1.165, 1.54) is 17.6 Å². The van der Waals surface area contributed by atoms with Crippen LogP contribution in [0.15, 0.2) is 0 Å². The van der Waals surface area contributed by atoms with E-state index >= 15 is 0 Å². The minimum atomic E-state index is -3.06. The van der Waals surface area contributed by atoms with Gasteiger partial charge in [0, 0.05) is 31.6 Å². The number of anilines is 1. The molecule has 1 aromatic heterocycles. The Bertz CT molecular complexity index is 908. The van der Waals surface area contributed by atoms with Gasteiger partial charge in [-0.2, -0.15) is 0 Å². The van der Waals surface area contributed by atoms with Gasteiger partial charge in [0.25, 0.3) is 5.91 Å². The molecule has 2 heterocycles. The molecule has 28 heavy (non-hydrogen) atoms. The van der Waals surface area contributed by atoms with Crippen molar-refractivity contribution in [3.05, 3.63) is 16.0 Å². The summed E-state index contributed by atoms with van der Waals surface area (Å²) < 4.78 is 23.6. The van der Waals surface area contributed by atoms with Crippen molar-refractivity contribution >= 4 is 38.0 Å². The van der Waals surface area contributed by atoms with Crippen LogP contribution in [-0.4, -0.2) is 50.2 Å². The predicted octanol–water partition coefficient (Wildman–Crippen LogP) is 2.97. The van der Waals surface area contributed by atoms with Crippen LogP contribution in [0.1, 0.15) is 54.8 Å². The van der Waals surface area contributed by atoms with Gasteiger partial charge in [-0.1, -0.05) is 6.92 Å². The third-order valence-electron chi connectivity index (χ3n) is 6.01. The first-order valence-corrected chi connectivity index (χ1v) is 13.0. The van der Waals surface area contributed by atoms with E-state index in [1.807, 2.05) is 4.90 Å². The number of nitrogens with one attached hydrogen (secondary N) is 1. The number of rotatable bonds is 5. The number of amides is 2. The van der Waals surface area contributed by atoms with Gasteiger partial charge in [-0.15, -0.1) is 11.3 Å². The summed E-state index contributed by atoms with van der Waals surface area (Å²) in [6.45, 7) is 3.63. The van der Waals surface area contributed by atoms with Crippen LogP contribution in [-0.2, 0) is 27.5 Å². The zero-order valence-corrected chi connectivity index (χ0v) is 18.1. The minimum Gasteiger partial charge on any atom is -0.338 e. The first-order chi connectivity index (χ1) is 13.2. The Balaban J connectivity index is 0.00000240. The number of carbonyl (C=O) groups is 2. The van der Waals surface area contributed by atoms with E-state index in [-0.39, 0.29) is 30.8 Å². The maximum absolute atomic E-state index is 13.4. The number of thiophene rings is 1. The van der Waals surface area contributed by atoms with Gasteiger partial charge in [-0.05, 0) is 55.9 Å². The van der Waals surface area contributed by atoms with Crippen molar-refractivity contribution in [3.8, 4) is 0 Å². The zero-order valence-electron chi connectivity index (χ0n) is 16.5. The van der Waals surface area contributed by atoms with Crippen LogP contribution in [0.3, 0.4) is 0 Å². The number of nitrogens with zero attached hydrogens (tertiary/aromatic N) is 1. The van der Waals surface area contributed by atoms with Crippen molar-refractivity contribution in [1.82, 2.24) is 4.90 Å². The van der Waals surface area contributed by atoms with Crippen molar-refractivity contribution in [1.29, 1.82) is 0 Å². The number of hydrogen-bond donors (Lipinski definition) is 1. The molecular weight excluding hydrogens is 396 g/mol. The Hall–Kier alpha value is -1.41. The molecule has 1 saturated carbocycles. The van der Waals surface area contributed by atoms with Crippen molar-refractivity contribution < 1.29 is 19.4 Å². The number of fused-ring (bicyclic) bond motifs is 1. The van der Waals surface area contributed by atoms with E-state index in [0.29, 0.717) is 22.9 Å². The number of aryl methyl sites for hydroxylation is 1. The van der Waals surface area contributed by atoms with E-state index in [0.717, 1.165) is 55.6 Å². The molecule has 0 bridgehead atoms. The summed E-state index contributed by atoms with van der Waals surface area (Å²) in [5.41, 5.74) is 1.60. The van der Waals surface area contributed by atoms with E-state index in [4.69, 9.17) is 0 Å². The third-order valence-corrected chi connectivity index (χ3v) is 8.30. The molecule has 1 aliphatic heterocycles. The molecule has 2 fully saturated rings. The lowest BCUT2D eigenvalue weighted by Crippen LogP contribution is -2.31. The Morgan fingerprint density at radius 2 is 2.00 bits per heavy atom. The summed E-state index contributed by atoms with van der Waals surface area (Å²) in [4.78, 5) is 28.8. The lowest BCUT2D eigenvalue weighted by molar-refractivity contribution is -0.117. The molecule has 0 radical (unpaired) electrons. The topological polar surface area (TPSA) is 83.6 Å². The molecule has 6 nitrogen and oxygen atoms in total. The fourth-order valence-electron chi connectivity index (χ4n) is 4.38. The second-order valence-electron chi connectivity index (χ2n) is 8.82. The summed E-state index contributed by atoms with van der Waals surface area (Å²) in [6.07, 6.45) is 6.29. The van der Waals surface area contributed by atoms with Crippen LogP contribution in [0, 0.1) is 17.8 Å². The lowest BCUT2D eigenvalue weighted by Gasteiger charge is -2.23. The summed E-state index contributed by atoms with van der Waals surface area (Å²) >= 11 is 1.51. The summed E-state index contributed by atoms with van der Waals surface area (Å²) in [7, 11) is -3.06. The van der Waals surface area contributed by atoms with E-state index in [9.17, 15) is 18.0 Å². The molecule has 2 amide bonds. The maximum Gasteiger partial charge on any atom is 0.257 e. The molecule has 2 atom stereocenters.